The number of para-hydroxylation sites is 1. The summed E-state index contributed by atoms with van der Waals surface area (Å²) < 4.78 is 29.2. The normalized spacial score (nSPS) is 11.5. The Labute approximate surface area is 184 Å². The molecule has 0 aliphatic rings. The first kappa shape index (κ1) is 21.2. The third-order valence-corrected chi connectivity index (χ3v) is 6.60. The van der Waals surface area contributed by atoms with Crippen LogP contribution in [0, 0.1) is 10.1 Å². The van der Waals surface area contributed by atoms with Crippen molar-refractivity contribution in [2.75, 3.05) is 4.31 Å². The number of benzene rings is 3. The van der Waals surface area contributed by atoms with Crippen LogP contribution in [0.5, 0.6) is 0 Å². The van der Waals surface area contributed by atoms with E-state index in [0.717, 1.165) is 25.7 Å². The van der Waals surface area contributed by atoms with Crippen LogP contribution in [0.3, 0.4) is 0 Å². The molecule has 0 atom stereocenters. The highest BCUT2D eigenvalue weighted by Crippen LogP contribution is 2.30. The molecule has 0 aliphatic carbocycles. The number of halogens is 2. The second kappa shape index (κ2) is 8.85. The Hall–Kier alpha value is -2.56. The zero-order chi connectivity index (χ0) is 21.0. The average Bonchev–Trinajstić information content (AvgIpc) is 2.70. The number of nitrogens with zero attached hydrogens (tertiary/aromatic N) is 3. The van der Waals surface area contributed by atoms with Gasteiger partial charge in [0.1, 0.15) is 6.34 Å². The van der Waals surface area contributed by atoms with Crippen molar-refractivity contribution in [2.24, 2.45) is 4.99 Å². The number of rotatable bonds is 6. The third-order valence-electron chi connectivity index (χ3n) is 3.82. The Morgan fingerprint density at radius 2 is 1.45 bits per heavy atom. The van der Waals surface area contributed by atoms with E-state index in [4.69, 9.17) is 0 Å². The molecular formula is C19H13Br2N3O4S. The highest BCUT2D eigenvalue weighted by atomic mass is 79.9. The van der Waals surface area contributed by atoms with Crippen molar-refractivity contribution >= 4 is 65.3 Å². The van der Waals surface area contributed by atoms with Gasteiger partial charge in [0.2, 0.25) is 0 Å². The van der Waals surface area contributed by atoms with E-state index in [9.17, 15) is 18.5 Å². The predicted octanol–water partition coefficient (Wildman–Crippen LogP) is 5.68. The maximum Gasteiger partial charge on any atom is 0.289 e. The molecule has 0 unspecified atom stereocenters. The van der Waals surface area contributed by atoms with E-state index < -0.39 is 25.5 Å². The number of hydrogen-bond acceptors (Lipinski definition) is 5. The van der Waals surface area contributed by atoms with E-state index >= 15 is 0 Å². The molecule has 10 heteroatoms. The summed E-state index contributed by atoms with van der Waals surface area (Å²) in [6.45, 7) is 0. The Morgan fingerprint density at radius 1 is 0.897 bits per heavy atom. The molecule has 3 rings (SSSR count). The summed E-state index contributed by atoms with van der Waals surface area (Å²) in [5.74, 6) is 0. The molecule has 3 aromatic rings. The second-order valence-corrected chi connectivity index (χ2v) is 9.34. The first-order valence-corrected chi connectivity index (χ1v) is 11.1. The lowest BCUT2D eigenvalue weighted by Gasteiger charge is -2.20. The van der Waals surface area contributed by atoms with Gasteiger partial charge < -0.3 is 0 Å². The number of nitro benzene ring substituents is 1. The van der Waals surface area contributed by atoms with Crippen molar-refractivity contribution in [3.8, 4) is 0 Å². The molecule has 0 fully saturated rings. The predicted molar refractivity (Wildman–Crippen MR) is 119 cm³/mol. The molecule has 0 heterocycles. The van der Waals surface area contributed by atoms with Crippen LogP contribution < -0.4 is 4.31 Å². The van der Waals surface area contributed by atoms with Crippen molar-refractivity contribution in [3.63, 3.8) is 0 Å². The molecule has 0 radical (unpaired) electrons. The minimum Gasteiger partial charge on any atom is -0.258 e. The van der Waals surface area contributed by atoms with Gasteiger partial charge in [-0.15, -0.1) is 0 Å². The topological polar surface area (TPSA) is 92.9 Å². The van der Waals surface area contributed by atoms with Crippen molar-refractivity contribution in [3.05, 3.63) is 91.9 Å². The molecule has 0 N–H and O–H groups in total. The molecule has 148 valence electrons. The fourth-order valence-corrected chi connectivity index (χ4v) is 4.40. The first-order valence-electron chi connectivity index (χ1n) is 8.12. The molecule has 29 heavy (non-hydrogen) atoms. The van der Waals surface area contributed by atoms with Crippen LogP contribution >= 0.6 is 31.9 Å². The van der Waals surface area contributed by atoms with E-state index in [1.165, 1.54) is 18.2 Å². The molecule has 3 aromatic carbocycles. The summed E-state index contributed by atoms with van der Waals surface area (Å²) in [5, 5.41) is 11.4. The summed E-state index contributed by atoms with van der Waals surface area (Å²) >= 11 is 6.63. The first-order chi connectivity index (χ1) is 13.8. The number of aliphatic imine (C=N–C) groups is 1. The third kappa shape index (κ3) is 4.89. The zero-order valence-electron chi connectivity index (χ0n) is 14.6. The van der Waals surface area contributed by atoms with Gasteiger partial charge in [-0.25, -0.2) is 17.7 Å². The van der Waals surface area contributed by atoms with Crippen LogP contribution in [0.4, 0.5) is 17.1 Å². The zero-order valence-corrected chi connectivity index (χ0v) is 18.6. The van der Waals surface area contributed by atoms with Gasteiger partial charge in [-0.2, -0.15) is 0 Å². The Balaban J connectivity index is 2.13. The van der Waals surface area contributed by atoms with Gasteiger partial charge in [-0.05, 0) is 54.6 Å². The quantitative estimate of drug-likeness (QED) is 0.175. The number of sulfonamides is 1. The Kier molecular flexibility index (Phi) is 6.46. The molecule has 0 saturated carbocycles. The van der Waals surface area contributed by atoms with Crippen molar-refractivity contribution < 1.29 is 13.3 Å². The van der Waals surface area contributed by atoms with Gasteiger partial charge in [0.05, 0.1) is 16.3 Å². The van der Waals surface area contributed by atoms with Gasteiger partial charge in [0.25, 0.3) is 15.7 Å². The van der Waals surface area contributed by atoms with Crippen LogP contribution in [-0.4, -0.2) is 19.7 Å². The van der Waals surface area contributed by atoms with Crippen LogP contribution in [0.15, 0.2) is 91.6 Å². The summed E-state index contributed by atoms with van der Waals surface area (Å²) in [6.07, 6.45) is 1.14. The van der Waals surface area contributed by atoms with Gasteiger partial charge in [0.15, 0.2) is 4.90 Å². The maximum atomic E-state index is 13.3. The molecule has 0 saturated heterocycles. The van der Waals surface area contributed by atoms with Crippen LogP contribution in [-0.2, 0) is 10.0 Å². The number of anilines is 1. The fraction of sp³-hybridized carbons (Fsp3) is 0. The lowest BCUT2D eigenvalue weighted by Crippen LogP contribution is -2.30. The Bertz CT molecular complexity index is 1160. The van der Waals surface area contributed by atoms with Gasteiger partial charge in [-0.1, -0.05) is 44.0 Å². The number of hydrogen-bond donors (Lipinski definition) is 0. The van der Waals surface area contributed by atoms with Crippen molar-refractivity contribution in [2.45, 2.75) is 4.90 Å². The van der Waals surface area contributed by atoms with Crippen LogP contribution in [0.25, 0.3) is 0 Å². The van der Waals surface area contributed by atoms with Gasteiger partial charge >= 0.3 is 0 Å². The Morgan fingerprint density at radius 3 is 2.03 bits per heavy atom. The highest BCUT2D eigenvalue weighted by molar-refractivity contribution is 9.10. The molecule has 7 nitrogen and oxygen atoms in total. The van der Waals surface area contributed by atoms with Gasteiger partial charge in [-0.3, -0.25) is 10.1 Å². The standard InChI is InChI=1S/C19H13Br2N3O4S/c20-14-5-9-16(10-6-14)22-13-23(17-11-7-15(21)8-12-17)29(27,28)19-4-2-1-3-18(19)24(25)26/h1-13H. The molecule has 0 spiro atoms. The summed E-state index contributed by atoms with van der Waals surface area (Å²) in [4.78, 5) is 14.4. The second-order valence-electron chi connectivity index (χ2n) is 5.72. The van der Waals surface area contributed by atoms with E-state index in [0.29, 0.717) is 5.69 Å². The SMILES string of the molecule is O=[N+]([O-])c1ccccc1S(=O)(=O)N(C=Nc1ccc(Br)cc1)c1ccc(Br)cc1. The van der Waals surface area contributed by atoms with Crippen LogP contribution in [0.2, 0.25) is 0 Å². The molecule has 0 bridgehead atoms. The van der Waals surface area contributed by atoms with Crippen molar-refractivity contribution in [1.82, 2.24) is 0 Å². The summed E-state index contributed by atoms with van der Waals surface area (Å²) in [7, 11) is -4.30. The molecule has 0 amide bonds. The monoisotopic (exact) mass is 537 g/mol. The van der Waals surface area contributed by atoms with E-state index in [-0.39, 0.29) is 5.69 Å². The minimum absolute atomic E-state index is 0.284. The summed E-state index contributed by atoms with van der Waals surface area (Å²) in [5.41, 5.74) is 0.298. The van der Waals surface area contributed by atoms with Crippen LogP contribution in [0.1, 0.15) is 0 Å². The lowest BCUT2D eigenvalue weighted by molar-refractivity contribution is -0.387. The smallest absolute Gasteiger partial charge is 0.258 e. The number of nitro groups is 1. The highest BCUT2D eigenvalue weighted by Gasteiger charge is 2.31. The maximum absolute atomic E-state index is 13.3. The molecular weight excluding hydrogens is 526 g/mol. The fourth-order valence-electron chi connectivity index (χ4n) is 2.43. The molecule has 0 aliphatic heterocycles. The minimum atomic E-state index is -4.30. The van der Waals surface area contributed by atoms with E-state index in [1.54, 1.807) is 48.5 Å². The molecule has 0 aromatic heterocycles. The average molecular weight is 539 g/mol. The van der Waals surface area contributed by atoms with E-state index in [2.05, 4.69) is 36.9 Å². The summed E-state index contributed by atoms with van der Waals surface area (Å²) in [6, 6.07) is 18.6. The van der Waals surface area contributed by atoms with E-state index in [1.807, 2.05) is 0 Å². The van der Waals surface area contributed by atoms with Crippen molar-refractivity contribution in [1.29, 1.82) is 0 Å². The largest absolute Gasteiger partial charge is 0.289 e. The lowest BCUT2D eigenvalue weighted by atomic mass is 10.3. The van der Waals surface area contributed by atoms with Gasteiger partial charge in [0, 0.05) is 15.0 Å².